The summed E-state index contributed by atoms with van der Waals surface area (Å²) < 4.78 is 5.76. The molecule has 1 N–H and O–H groups in total. The Morgan fingerprint density at radius 3 is 2.85 bits per heavy atom. The first-order valence-electron chi connectivity index (χ1n) is 5.28. The maximum atomic E-state index is 5.76. The van der Waals surface area contributed by atoms with Crippen molar-refractivity contribution in [3.8, 4) is 0 Å². The number of fused-ring (bicyclic) bond motifs is 2. The van der Waals surface area contributed by atoms with Gasteiger partial charge in [0.25, 0.3) is 0 Å². The van der Waals surface area contributed by atoms with Crippen LogP contribution in [-0.4, -0.2) is 24.8 Å². The van der Waals surface area contributed by atoms with Crippen molar-refractivity contribution in [2.24, 2.45) is 0 Å². The second-order valence-corrected chi connectivity index (χ2v) is 4.41. The van der Waals surface area contributed by atoms with E-state index >= 15 is 0 Å². The summed E-state index contributed by atoms with van der Waals surface area (Å²) in [4.78, 5) is 0. The summed E-state index contributed by atoms with van der Waals surface area (Å²) in [5.41, 5.74) is 1.39. The Labute approximate surface area is 80.4 Å². The Balaban J connectivity index is 1.74. The quantitative estimate of drug-likeness (QED) is 0.671. The number of hydrogen-bond donors (Lipinski definition) is 1. The second kappa shape index (κ2) is 3.81. The van der Waals surface area contributed by atoms with Gasteiger partial charge in [-0.05, 0) is 33.1 Å². The lowest BCUT2D eigenvalue weighted by molar-refractivity contribution is 0.0978. The summed E-state index contributed by atoms with van der Waals surface area (Å²) >= 11 is 0. The predicted molar refractivity (Wildman–Crippen MR) is 53.7 cm³/mol. The molecule has 2 nitrogen and oxygen atoms in total. The van der Waals surface area contributed by atoms with E-state index in [2.05, 4.69) is 25.2 Å². The van der Waals surface area contributed by atoms with Gasteiger partial charge in [-0.25, -0.2) is 0 Å². The first-order chi connectivity index (χ1) is 6.25. The van der Waals surface area contributed by atoms with Gasteiger partial charge in [-0.15, -0.1) is 0 Å². The summed E-state index contributed by atoms with van der Waals surface area (Å²) in [6.07, 6.45) is 7.08. The van der Waals surface area contributed by atoms with E-state index in [0.717, 1.165) is 6.54 Å². The Kier molecular flexibility index (Phi) is 2.70. The maximum absolute atomic E-state index is 5.76. The third-order valence-electron chi connectivity index (χ3n) is 3.00. The summed E-state index contributed by atoms with van der Waals surface area (Å²) in [7, 11) is 0. The normalized spacial score (nSPS) is 36.6. The predicted octanol–water partition coefficient (Wildman–Crippen LogP) is 1.86. The fourth-order valence-electron chi connectivity index (χ4n) is 2.27. The molecular weight excluding hydrogens is 162 g/mol. The van der Waals surface area contributed by atoms with Crippen LogP contribution in [0.2, 0.25) is 0 Å². The van der Waals surface area contributed by atoms with Crippen LogP contribution in [-0.2, 0) is 4.74 Å². The summed E-state index contributed by atoms with van der Waals surface area (Å²) in [5, 5.41) is 3.54. The van der Waals surface area contributed by atoms with Gasteiger partial charge in [0.05, 0.1) is 12.2 Å². The van der Waals surface area contributed by atoms with Crippen LogP contribution in [0.15, 0.2) is 11.6 Å². The van der Waals surface area contributed by atoms with E-state index in [1.165, 1.54) is 24.8 Å². The van der Waals surface area contributed by atoms with Crippen molar-refractivity contribution in [2.75, 3.05) is 6.54 Å². The van der Waals surface area contributed by atoms with E-state index < -0.39 is 0 Å². The third kappa shape index (κ3) is 2.12. The molecule has 2 unspecified atom stereocenters. The summed E-state index contributed by atoms with van der Waals surface area (Å²) in [6, 6.07) is 0.620. The largest absolute Gasteiger partial charge is 0.373 e. The van der Waals surface area contributed by atoms with Gasteiger partial charge in [0.2, 0.25) is 0 Å². The Bertz CT molecular complexity index is 208. The number of rotatable bonds is 3. The molecule has 13 heavy (non-hydrogen) atoms. The van der Waals surface area contributed by atoms with E-state index in [0.29, 0.717) is 18.2 Å². The van der Waals surface area contributed by atoms with E-state index in [-0.39, 0.29) is 0 Å². The minimum Gasteiger partial charge on any atom is -0.373 e. The van der Waals surface area contributed by atoms with Crippen LogP contribution in [0.1, 0.15) is 33.1 Å². The van der Waals surface area contributed by atoms with Crippen molar-refractivity contribution in [3.05, 3.63) is 11.6 Å². The van der Waals surface area contributed by atoms with Gasteiger partial charge in [0, 0.05) is 12.6 Å². The van der Waals surface area contributed by atoms with Crippen molar-refractivity contribution in [3.63, 3.8) is 0 Å². The van der Waals surface area contributed by atoms with Crippen molar-refractivity contribution in [2.45, 2.75) is 51.4 Å². The third-order valence-corrected chi connectivity index (χ3v) is 3.00. The molecule has 0 radical (unpaired) electrons. The molecule has 2 heterocycles. The molecule has 0 aromatic carbocycles. The maximum Gasteiger partial charge on any atom is 0.0733 e. The van der Waals surface area contributed by atoms with Crippen LogP contribution in [0.5, 0.6) is 0 Å². The molecule has 2 saturated heterocycles. The van der Waals surface area contributed by atoms with Crippen molar-refractivity contribution in [1.82, 2.24) is 5.32 Å². The van der Waals surface area contributed by atoms with Gasteiger partial charge < -0.3 is 10.1 Å². The van der Waals surface area contributed by atoms with Gasteiger partial charge in [-0.1, -0.05) is 11.6 Å². The zero-order chi connectivity index (χ0) is 9.26. The summed E-state index contributed by atoms with van der Waals surface area (Å²) in [5.74, 6) is 0. The number of ether oxygens (including phenoxy) is 1. The molecule has 0 amide bonds. The van der Waals surface area contributed by atoms with Crippen LogP contribution >= 0.6 is 0 Å². The molecular formula is C11H19NO. The lowest BCUT2D eigenvalue weighted by Gasteiger charge is -2.19. The van der Waals surface area contributed by atoms with E-state index in [9.17, 15) is 0 Å². The van der Waals surface area contributed by atoms with Gasteiger partial charge in [-0.3, -0.25) is 0 Å². The Morgan fingerprint density at radius 2 is 2.31 bits per heavy atom. The molecule has 2 aliphatic heterocycles. The molecule has 2 rings (SSSR count). The monoisotopic (exact) mass is 181 g/mol. The molecule has 0 aromatic rings. The zero-order valence-electron chi connectivity index (χ0n) is 8.55. The highest BCUT2D eigenvalue weighted by Crippen LogP contribution is 2.34. The van der Waals surface area contributed by atoms with Gasteiger partial charge >= 0.3 is 0 Å². The van der Waals surface area contributed by atoms with Crippen LogP contribution in [0.25, 0.3) is 0 Å². The van der Waals surface area contributed by atoms with Crippen molar-refractivity contribution >= 4 is 0 Å². The van der Waals surface area contributed by atoms with Crippen LogP contribution in [0, 0.1) is 0 Å². The van der Waals surface area contributed by atoms with Crippen LogP contribution < -0.4 is 5.32 Å². The number of nitrogens with one attached hydrogen (secondary N) is 1. The number of hydrogen-bond acceptors (Lipinski definition) is 2. The van der Waals surface area contributed by atoms with Crippen LogP contribution in [0.3, 0.4) is 0 Å². The highest BCUT2D eigenvalue weighted by atomic mass is 16.5. The number of allylic oxidation sites excluding steroid dienone is 1. The Hall–Kier alpha value is -0.340. The highest BCUT2D eigenvalue weighted by Gasteiger charge is 2.39. The topological polar surface area (TPSA) is 21.3 Å². The highest BCUT2D eigenvalue weighted by molar-refractivity contribution is 4.98. The lowest BCUT2D eigenvalue weighted by atomic mass is 9.95. The Morgan fingerprint density at radius 1 is 1.46 bits per heavy atom. The minimum absolute atomic E-state index is 0.510. The molecule has 2 aliphatic rings. The molecule has 74 valence electrons. The van der Waals surface area contributed by atoms with E-state index in [1.807, 2.05) is 0 Å². The smallest absolute Gasteiger partial charge is 0.0733 e. The minimum atomic E-state index is 0.510. The second-order valence-electron chi connectivity index (χ2n) is 4.41. The average Bonchev–Trinajstić information content (AvgIpc) is 2.64. The fourth-order valence-corrected chi connectivity index (χ4v) is 2.27. The van der Waals surface area contributed by atoms with E-state index in [1.54, 1.807) is 0 Å². The van der Waals surface area contributed by atoms with Crippen LogP contribution in [0.4, 0.5) is 0 Å². The van der Waals surface area contributed by atoms with Gasteiger partial charge in [-0.2, -0.15) is 0 Å². The van der Waals surface area contributed by atoms with Gasteiger partial charge in [0.1, 0.15) is 0 Å². The molecule has 0 aliphatic carbocycles. The molecule has 2 bridgehead atoms. The molecule has 2 fully saturated rings. The summed E-state index contributed by atoms with van der Waals surface area (Å²) in [6.45, 7) is 5.28. The standard InChI is InChI=1S/C11H19NO/c1-8(2)5-6-12-10-7-9-3-4-11(10)13-9/h5,9-12H,3-4,6-7H2,1-2H3/t9?,10-,11?/m0/s1. The molecule has 0 spiro atoms. The zero-order valence-corrected chi connectivity index (χ0v) is 8.55. The average molecular weight is 181 g/mol. The lowest BCUT2D eigenvalue weighted by Crippen LogP contribution is -2.37. The fraction of sp³-hybridized carbons (Fsp3) is 0.818. The van der Waals surface area contributed by atoms with Crippen molar-refractivity contribution < 1.29 is 4.74 Å². The van der Waals surface area contributed by atoms with E-state index in [4.69, 9.17) is 4.74 Å². The molecule has 0 aromatic heterocycles. The first-order valence-corrected chi connectivity index (χ1v) is 5.28. The first kappa shape index (κ1) is 9.22. The van der Waals surface area contributed by atoms with Crippen molar-refractivity contribution in [1.29, 1.82) is 0 Å². The SMILES string of the molecule is CC(C)=CCN[C@H]1CC2CCC1O2. The molecule has 2 heteroatoms. The van der Waals surface area contributed by atoms with Gasteiger partial charge in [0.15, 0.2) is 0 Å². The molecule has 0 saturated carbocycles. The molecule has 3 atom stereocenters.